The maximum Gasteiger partial charge on any atom is 0.237 e. The Kier molecular flexibility index (Phi) is 3.97. The van der Waals surface area contributed by atoms with Crippen LogP contribution in [0.3, 0.4) is 0 Å². The van der Waals surface area contributed by atoms with Gasteiger partial charge in [-0.05, 0) is 45.4 Å². The third-order valence-corrected chi connectivity index (χ3v) is 4.97. The van der Waals surface area contributed by atoms with Gasteiger partial charge in [-0.15, -0.1) is 11.8 Å². The lowest BCUT2D eigenvalue weighted by Gasteiger charge is -2.24. The molecule has 0 spiro atoms. The van der Waals surface area contributed by atoms with Crippen molar-refractivity contribution in [3.63, 3.8) is 0 Å². The number of nitrogens with two attached hydrogens (primary N) is 1. The summed E-state index contributed by atoms with van der Waals surface area (Å²) < 4.78 is 0. The molecule has 4 heteroatoms. The van der Waals surface area contributed by atoms with Gasteiger partial charge in [0.1, 0.15) is 0 Å². The maximum absolute atomic E-state index is 11.6. The number of aryl methyl sites for hydroxylation is 1. The van der Waals surface area contributed by atoms with Gasteiger partial charge in [0.15, 0.2) is 0 Å². The molecule has 1 saturated carbocycles. The molecular formula is C14H20N2OS. The van der Waals surface area contributed by atoms with Crippen molar-refractivity contribution < 1.29 is 4.79 Å². The van der Waals surface area contributed by atoms with Gasteiger partial charge in [-0.3, -0.25) is 4.79 Å². The van der Waals surface area contributed by atoms with Crippen molar-refractivity contribution in [2.45, 2.75) is 41.9 Å². The van der Waals surface area contributed by atoms with Crippen LogP contribution in [-0.2, 0) is 4.79 Å². The normalized spacial score (nSPS) is 27.3. The molecule has 0 bridgehead atoms. The van der Waals surface area contributed by atoms with Crippen LogP contribution in [0.15, 0.2) is 29.2 Å². The van der Waals surface area contributed by atoms with Gasteiger partial charge in [0.25, 0.3) is 0 Å². The summed E-state index contributed by atoms with van der Waals surface area (Å²) in [6.07, 6.45) is 2.68. The molecule has 0 heterocycles. The summed E-state index contributed by atoms with van der Waals surface area (Å²) >= 11 is 1.85. The van der Waals surface area contributed by atoms with Crippen LogP contribution in [0.4, 0.5) is 0 Å². The highest BCUT2D eigenvalue weighted by Crippen LogP contribution is 2.40. The van der Waals surface area contributed by atoms with Crippen LogP contribution >= 0.6 is 11.8 Å². The third kappa shape index (κ3) is 2.70. The van der Waals surface area contributed by atoms with Gasteiger partial charge in [-0.25, -0.2) is 0 Å². The first-order chi connectivity index (χ1) is 8.55. The number of amides is 1. The zero-order valence-electron chi connectivity index (χ0n) is 10.9. The Bertz CT molecular complexity index is 449. The van der Waals surface area contributed by atoms with Gasteiger partial charge in [-0.2, -0.15) is 0 Å². The van der Waals surface area contributed by atoms with Crippen LogP contribution < -0.4 is 11.1 Å². The van der Waals surface area contributed by atoms with E-state index in [1.807, 2.05) is 18.8 Å². The van der Waals surface area contributed by atoms with Crippen LogP contribution in [0.5, 0.6) is 0 Å². The van der Waals surface area contributed by atoms with E-state index in [4.69, 9.17) is 5.73 Å². The molecule has 1 aliphatic rings. The number of rotatable bonds is 4. The molecule has 98 valence electrons. The average molecular weight is 264 g/mol. The molecule has 1 fully saturated rings. The fourth-order valence-electron chi connectivity index (χ4n) is 2.56. The van der Waals surface area contributed by atoms with Crippen molar-refractivity contribution in [1.29, 1.82) is 0 Å². The van der Waals surface area contributed by atoms with E-state index in [1.165, 1.54) is 10.5 Å². The lowest BCUT2D eigenvalue weighted by Crippen LogP contribution is -2.52. The number of likely N-dealkylation sites (N-methyl/N-ethyl adjacent to an activating group) is 1. The molecule has 2 atom stereocenters. The highest BCUT2D eigenvalue weighted by molar-refractivity contribution is 8.00. The monoisotopic (exact) mass is 264 g/mol. The molecule has 0 aromatic heterocycles. The van der Waals surface area contributed by atoms with E-state index in [0.717, 1.165) is 19.3 Å². The Morgan fingerprint density at radius 1 is 1.56 bits per heavy atom. The molecule has 0 saturated heterocycles. The summed E-state index contributed by atoms with van der Waals surface area (Å²) in [6.45, 7) is 2.10. The van der Waals surface area contributed by atoms with Crippen molar-refractivity contribution in [3.8, 4) is 0 Å². The number of hydrogen-bond acceptors (Lipinski definition) is 3. The Morgan fingerprint density at radius 3 is 2.89 bits per heavy atom. The highest BCUT2D eigenvalue weighted by Gasteiger charge is 2.42. The minimum Gasteiger partial charge on any atom is -0.368 e. The first kappa shape index (κ1) is 13.4. The van der Waals surface area contributed by atoms with E-state index in [1.54, 1.807) is 0 Å². The van der Waals surface area contributed by atoms with Crippen molar-refractivity contribution in [1.82, 2.24) is 5.32 Å². The van der Waals surface area contributed by atoms with Crippen molar-refractivity contribution in [2.24, 2.45) is 5.73 Å². The quantitative estimate of drug-likeness (QED) is 0.875. The summed E-state index contributed by atoms with van der Waals surface area (Å²) in [7, 11) is 1.82. The number of primary amides is 1. The summed E-state index contributed by atoms with van der Waals surface area (Å²) in [5, 5.41) is 3.58. The largest absolute Gasteiger partial charge is 0.368 e. The topological polar surface area (TPSA) is 55.1 Å². The first-order valence-corrected chi connectivity index (χ1v) is 7.16. The average Bonchev–Trinajstić information content (AvgIpc) is 2.74. The molecule has 1 amide bonds. The summed E-state index contributed by atoms with van der Waals surface area (Å²) in [5.74, 6) is -0.225. The molecule has 3 N–H and O–H groups in total. The van der Waals surface area contributed by atoms with Crippen molar-refractivity contribution in [2.75, 3.05) is 7.05 Å². The lowest BCUT2D eigenvalue weighted by molar-refractivity contribution is -0.124. The molecular weight excluding hydrogens is 244 g/mol. The van der Waals surface area contributed by atoms with E-state index in [9.17, 15) is 4.79 Å². The zero-order valence-corrected chi connectivity index (χ0v) is 11.7. The lowest BCUT2D eigenvalue weighted by atomic mass is 9.97. The molecule has 1 aliphatic carbocycles. The molecule has 3 nitrogen and oxygen atoms in total. The molecule has 0 aliphatic heterocycles. The van der Waals surface area contributed by atoms with Gasteiger partial charge in [0, 0.05) is 10.1 Å². The van der Waals surface area contributed by atoms with E-state index >= 15 is 0 Å². The fourth-order valence-corrected chi connectivity index (χ4v) is 3.96. The Balaban J connectivity index is 2.03. The van der Waals surface area contributed by atoms with Crippen molar-refractivity contribution in [3.05, 3.63) is 29.8 Å². The van der Waals surface area contributed by atoms with E-state index in [2.05, 4.69) is 36.5 Å². The highest BCUT2D eigenvalue weighted by atomic mass is 32.2. The molecule has 2 unspecified atom stereocenters. The predicted molar refractivity (Wildman–Crippen MR) is 75.7 cm³/mol. The minimum absolute atomic E-state index is 0.225. The molecule has 0 radical (unpaired) electrons. The van der Waals surface area contributed by atoms with E-state index in [-0.39, 0.29) is 5.91 Å². The number of benzene rings is 1. The molecule has 2 rings (SSSR count). The summed E-state index contributed by atoms with van der Waals surface area (Å²) in [5.41, 5.74) is 6.28. The Hall–Kier alpha value is -1.00. The van der Waals surface area contributed by atoms with E-state index in [0.29, 0.717) is 5.25 Å². The number of thioether (sulfide) groups is 1. The summed E-state index contributed by atoms with van der Waals surface area (Å²) in [4.78, 5) is 12.8. The number of hydrogen-bond donors (Lipinski definition) is 2. The van der Waals surface area contributed by atoms with Gasteiger partial charge in [0.05, 0.1) is 5.54 Å². The van der Waals surface area contributed by atoms with Gasteiger partial charge in [0.2, 0.25) is 5.91 Å². The van der Waals surface area contributed by atoms with E-state index < -0.39 is 5.54 Å². The zero-order chi connectivity index (χ0) is 13.2. The minimum atomic E-state index is -0.499. The van der Waals surface area contributed by atoms with Gasteiger partial charge < -0.3 is 11.1 Å². The maximum atomic E-state index is 11.6. The Labute approximate surface area is 113 Å². The first-order valence-electron chi connectivity index (χ1n) is 6.28. The number of carbonyl (C=O) groups excluding carboxylic acids is 1. The van der Waals surface area contributed by atoms with Gasteiger partial charge in [-0.1, -0.05) is 17.7 Å². The number of nitrogens with one attached hydrogen (secondary N) is 1. The molecule has 1 aromatic carbocycles. The molecule has 1 aromatic rings. The van der Waals surface area contributed by atoms with Crippen molar-refractivity contribution >= 4 is 17.7 Å². The van der Waals surface area contributed by atoms with Crippen LogP contribution in [0.25, 0.3) is 0 Å². The van der Waals surface area contributed by atoms with Crippen LogP contribution in [0, 0.1) is 6.92 Å². The predicted octanol–water partition coefficient (Wildman–Crippen LogP) is 2.08. The van der Waals surface area contributed by atoms with Crippen LogP contribution in [-0.4, -0.2) is 23.7 Å². The second-order valence-corrected chi connectivity index (χ2v) is 6.37. The van der Waals surface area contributed by atoms with Crippen LogP contribution in [0.1, 0.15) is 24.8 Å². The fraction of sp³-hybridized carbons (Fsp3) is 0.500. The standard InChI is InChI=1S/C14H20N2OS/c1-10-4-3-5-11(8-10)18-12-6-7-14(9-12,16-2)13(15)17/h3-5,8,12,16H,6-7,9H2,1-2H3,(H2,15,17). The van der Waals surface area contributed by atoms with Gasteiger partial charge >= 0.3 is 0 Å². The molecule has 18 heavy (non-hydrogen) atoms. The SMILES string of the molecule is CNC1(C(N)=O)CCC(Sc2cccc(C)c2)C1. The summed E-state index contributed by atoms with van der Waals surface area (Å²) in [6, 6.07) is 8.49. The smallest absolute Gasteiger partial charge is 0.237 e. The third-order valence-electron chi connectivity index (χ3n) is 3.71. The van der Waals surface area contributed by atoms with Crippen LogP contribution in [0.2, 0.25) is 0 Å². The second kappa shape index (κ2) is 5.33. The Morgan fingerprint density at radius 2 is 2.33 bits per heavy atom. The second-order valence-electron chi connectivity index (χ2n) is 5.00. The number of carbonyl (C=O) groups is 1.